The molecule has 0 fully saturated rings. The highest BCUT2D eigenvalue weighted by Crippen LogP contribution is 2.32. The molecule has 0 spiro atoms. The minimum atomic E-state index is -0.152. The van der Waals surface area contributed by atoms with E-state index in [1.165, 1.54) is 0 Å². The zero-order valence-corrected chi connectivity index (χ0v) is 12.4. The molecule has 0 amide bonds. The molecule has 0 bridgehead atoms. The Balaban J connectivity index is 2.86. The van der Waals surface area contributed by atoms with E-state index in [4.69, 9.17) is 4.74 Å². The number of thiazole rings is 1. The normalized spacial score (nSPS) is 15.8. The summed E-state index contributed by atoms with van der Waals surface area (Å²) in [5.74, 6) is 0. The number of methoxy groups -OCH3 is 1. The van der Waals surface area contributed by atoms with Crippen molar-refractivity contribution in [2.75, 3.05) is 13.7 Å². The maximum Gasteiger partial charge on any atom is 0.112 e. The van der Waals surface area contributed by atoms with Crippen molar-refractivity contribution < 1.29 is 4.74 Å². The molecule has 1 aromatic heterocycles. The van der Waals surface area contributed by atoms with Crippen LogP contribution in [0.5, 0.6) is 0 Å². The number of nitrogens with zero attached hydrogens (tertiary/aromatic N) is 1. The Morgan fingerprint density at radius 3 is 2.59 bits per heavy atom. The van der Waals surface area contributed by atoms with Crippen LogP contribution in [-0.2, 0) is 10.3 Å². The quantitative estimate of drug-likeness (QED) is 0.813. The molecule has 0 saturated carbocycles. The Kier molecular flexibility index (Phi) is 5.10. The summed E-state index contributed by atoms with van der Waals surface area (Å²) in [6.07, 6.45) is 3.89. The number of rotatable bonds is 7. The van der Waals surface area contributed by atoms with Crippen LogP contribution in [0, 0.1) is 0 Å². The van der Waals surface area contributed by atoms with Gasteiger partial charge in [0.1, 0.15) is 5.01 Å². The predicted octanol–water partition coefficient (Wildman–Crippen LogP) is 3.17. The molecule has 98 valence electrons. The van der Waals surface area contributed by atoms with Crippen LogP contribution in [-0.4, -0.2) is 24.2 Å². The zero-order valence-electron chi connectivity index (χ0n) is 11.5. The summed E-state index contributed by atoms with van der Waals surface area (Å²) in [4.78, 5) is 4.46. The van der Waals surface area contributed by atoms with Crippen molar-refractivity contribution in [3.05, 3.63) is 16.6 Å². The molecular weight excluding hydrogens is 232 g/mol. The van der Waals surface area contributed by atoms with Gasteiger partial charge in [0.2, 0.25) is 0 Å². The summed E-state index contributed by atoms with van der Waals surface area (Å²) in [7, 11) is 1.77. The van der Waals surface area contributed by atoms with E-state index >= 15 is 0 Å². The van der Waals surface area contributed by atoms with Gasteiger partial charge in [0, 0.05) is 25.1 Å². The molecule has 0 aliphatic rings. The van der Waals surface area contributed by atoms with Crippen LogP contribution in [0.1, 0.15) is 45.5 Å². The summed E-state index contributed by atoms with van der Waals surface area (Å²) < 4.78 is 5.55. The molecule has 1 unspecified atom stereocenters. The highest BCUT2D eigenvalue weighted by atomic mass is 32.1. The maximum absolute atomic E-state index is 5.55. The van der Waals surface area contributed by atoms with Gasteiger partial charge in [-0.3, -0.25) is 0 Å². The lowest BCUT2D eigenvalue weighted by Crippen LogP contribution is -2.45. The van der Waals surface area contributed by atoms with Gasteiger partial charge in [-0.25, -0.2) is 4.98 Å². The second-order valence-corrected chi connectivity index (χ2v) is 6.13. The summed E-state index contributed by atoms with van der Waals surface area (Å²) >= 11 is 1.70. The lowest BCUT2D eigenvalue weighted by molar-refractivity contribution is -0.00725. The van der Waals surface area contributed by atoms with E-state index in [0.29, 0.717) is 0 Å². The average Bonchev–Trinajstić information content (AvgIpc) is 2.80. The molecule has 4 heteroatoms. The van der Waals surface area contributed by atoms with E-state index in [2.05, 4.69) is 38.0 Å². The van der Waals surface area contributed by atoms with E-state index in [-0.39, 0.29) is 11.1 Å². The lowest BCUT2D eigenvalue weighted by atomic mass is 9.88. The summed E-state index contributed by atoms with van der Waals surface area (Å²) in [5, 5.41) is 6.77. The highest BCUT2D eigenvalue weighted by Gasteiger charge is 2.35. The van der Waals surface area contributed by atoms with Crippen molar-refractivity contribution in [2.24, 2.45) is 0 Å². The molecule has 1 heterocycles. The fourth-order valence-electron chi connectivity index (χ4n) is 2.03. The first-order valence-corrected chi connectivity index (χ1v) is 7.01. The third kappa shape index (κ3) is 4.05. The second kappa shape index (κ2) is 5.94. The lowest BCUT2D eigenvalue weighted by Gasteiger charge is -2.36. The summed E-state index contributed by atoms with van der Waals surface area (Å²) in [6, 6.07) is 0. The summed E-state index contributed by atoms with van der Waals surface area (Å²) in [6.45, 7) is 9.62. The van der Waals surface area contributed by atoms with Crippen molar-refractivity contribution in [3.63, 3.8) is 0 Å². The molecule has 0 aliphatic carbocycles. The predicted molar refractivity (Wildman–Crippen MR) is 73.5 cm³/mol. The number of ether oxygens (including phenoxy) is 1. The van der Waals surface area contributed by atoms with Gasteiger partial charge in [-0.1, -0.05) is 6.92 Å². The van der Waals surface area contributed by atoms with E-state index in [0.717, 1.165) is 24.4 Å². The largest absolute Gasteiger partial charge is 0.379 e. The van der Waals surface area contributed by atoms with Crippen LogP contribution < -0.4 is 5.32 Å². The topological polar surface area (TPSA) is 34.1 Å². The minimum Gasteiger partial charge on any atom is -0.379 e. The van der Waals surface area contributed by atoms with E-state index in [9.17, 15) is 0 Å². The Morgan fingerprint density at radius 2 is 2.12 bits per heavy atom. The number of hydrogen-bond acceptors (Lipinski definition) is 4. The van der Waals surface area contributed by atoms with Crippen molar-refractivity contribution in [2.45, 2.75) is 51.7 Å². The first-order chi connectivity index (χ1) is 7.93. The van der Waals surface area contributed by atoms with Crippen molar-refractivity contribution in [1.29, 1.82) is 0 Å². The first kappa shape index (κ1) is 14.6. The Morgan fingerprint density at radius 1 is 1.41 bits per heavy atom. The number of nitrogens with one attached hydrogen (secondary N) is 1. The molecule has 1 N–H and O–H groups in total. The van der Waals surface area contributed by atoms with Crippen molar-refractivity contribution in [1.82, 2.24) is 10.3 Å². The Hall–Kier alpha value is -0.450. The highest BCUT2D eigenvalue weighted by molar-refractivity contribution is 7.09. The van der Waals surface area contributed by atoms with Gasteiger partial charge >= 0.3 is 0 Å². The number of aromatic nitrogens is 1. The first-order valence-electron chi connectivity index (χ1n) is 6.14. The minimum absolute atomic E-state index is 0.107. The van der Waals surface area contributed by atoms with Crippen molar-refractivity contribution in [3.8, 4) is 0 Å². The molecule has 0 radical (unpaired) electrons. The zero-order chi connectivity index (χ0) is 12.9. The fraction of sp³-hybridized carbons (Fsp3) is 0.769. The van der Waals surface area contributed by atoms with Crippen LogP contribution in [0.15, 0.2) is 11.6 Å². The average molecular weight is 256 g/mol. The van der Waals surface area contributed by atoms with E-state index < -0.39 is 0 Å². The SMILES string of the molecule is CCCNC(C)(CC(C)(C)OC)c1nccs1. The molecule has 1 aromatic rings. The van der Waals surface area contributed by atoms with Crippen LogP contribution in [0.25, 0.3) is 0 Å². The van der Waals surface area contributed by atoms with Crippen LogP contribution in [0.4, 0.5) is 0 Å². The van der Waals surface area contributed by atoms with Gasteiger partial charge in [0.05, 0.1) is 11.1 Å². The molecule has 0 aromatic carbocycles. The van der Waals surface area contributed by atoms with E-state index in [1.807, 2.05) is 11.6 Å². The molecule has 1 atom stereocenters. The van der Waals surface area contributed by atoms with E-state index in [1.54, 1.807) is 18.4 Å². The van der Waals surface area contributed by atoms with Gasteiger partial charge in [-0.15, -0.1) is 11.3 Å². The van der Waals surface area contributed by atoms with Gasteiger partial charge in [-0.2, -0.15) is 0 Å². The molecule has 0 saturated heterocycles. The fourth-order valence-corrected chi connectivity index (χ4v) is 2.81. The summed E-state index contributed by atoms with van der Waals surface area (Å²) in [5.41, 5.74) is -0.259. The maximum atomic E-state index is 5.55. The molecular formula is C13H24N2OS. The molecule has 0 aliphatic heterocycles. The molecule has 17 heavy (non-hydrogen) atoms. The van der Waals surface area contributed by atoms with Crippen LogP contribution >= 0.6 is 11.3 Å². The third-order valence-electron chi connectivity index (χ3n) is 3.00. The van der Waals surface area contributed by atoms with Crippen LogP contribution in [0.3, 0.4) is 0 Å². The third-order valence-corrected chi connectivity index (χ3v) is 4.04. The standard InChI is InChI=1S/C13H24N2OS/c1-6-7-15-13(4,10-12(2,3)16-5)11-14-8-9-17-11/h8-9,15H,6-7,10H2,1-5H3. The monoisotopic (exact) mass is 256 g/mol. The van der Waals surface area contributed by atoms with Gasteiger partial charge in [0.25, 0.3) is 0 Å². The van der Waals surface area contributed by atoms with Gasteiger partial charge < -0.3 is 10.1 Å². The molecule has 1 rings (SSSR count). The van der Waals surface area contributed by atoms with Gasteiger partial charge in [-0.05, 0) is 33.7 Å². The Labute approximate surface area is 109 Å². The number of hydrogen-bond donors (Lipinski definition) is 1. The Bertz CT molecular complexity index is 324. The van der Waals surface area contributed by atoms with Crippen molar-refractivity contribution >= 4 is 11.3 Å². The van der Waals surface area contributed by atoms with Gasteiger partial charge in [0.15, 0.2) is 0 Å². The van der Waals surface area contributed by atoms with Crippen LogP contribution in [0.2, 0.25) is 0 Å². The second-order valence-electron chi connectivity index (χ2n) is 5.24. The smallest absolute Gasteiger partial charge is 0.112 e. The molecule has 3 nitrogen and oxygen atoms in total.